The zero-order chi connectivity index (χ0) is 18.4. The van der Waals surface area contributed by atoms with Gasteiger partial charge in [0.15, 0.2) is 0 Å². The number of hydrogen-bond acceptors (Lipinski definition) is 4. The SMILES string of the molecule is CC1(C)Cc2nc(C(C)(C)C)ncc2[C@@H](NC(=O)c2cc(=O)[nH][nH]2)C1. The number of aromatic amines is 2. The highest BCUT2D eigenvalue weighted by molar-refractivity contribution is 5.92. The van der Waals surface area contributed by atoms with Crippen LogP contribution in [0.2, 0.25) is 0 Å². The Morgan fingerprint density at radius 2 is 2.04 bits per heavy atom. The molecule has 0 saturated heterocycles. The first-order valence-corrected chi connectivity index (χ1v) is 8.50. The summed E-state index contributed by atoms with van der Waals surface area (Å²) in [6.45, 7) is 10.6. The number of aromatic nitrogens is 4. The van der Waals surface area contributed by atoms with Gasteiger partial charge in [0, 0.05) is 28.9 Å². The van der Waals surface area contributed by atoms with Crippen LogP contribution in [0.1, 0.15) is 74.7 Å². The van der Waals surface area contributed by atoms with Gasteiger partial charge in [-0.1, -0.05) is 34.6 Å². The number of fused-ring (bicyclic) bond motifs is 1. The molecule has 2 aromatic heterocycles. The molecular formula is C18H25N5O2. The number of H-pyrrole nitrogens is 2. The molecule has 7 nitrogen and oxygen atoms in total. The molecule has 1 atom stereocenters. The summed E-state index contributed by atoms with van der Waals surface area (Å²) in [7, 11) is 0. The molecule has 1 aliphatic carbocycles. The van der Waals surface area contributed by atoms with Gasteiger partial charge in [0.05, 0.1) is 6.04 Å². The minimum atomic E-state index is -0.326. The van der Waals surface area contributed by atoms with Crippen LogP contribution < -0.4 is 10.9 Å². The van der Waals surface area contributed by atoms with E-state index in [0.717, 1.165) is 29.9 Å². The normalized spacial score (nSPS) is 19.3. The summed E-state index contributed by atoms with van der Waals surface area (Å²) in [6, 6.07) is 1.07. The lowest BCUT2D eigenvalue weighted by Gasteiger charge is -2.37. The largest absolute Gasteiger partial charge is 0.344 e. The van der Waals surface area contributed by atoms with E-state index >= 15 is 0 Å². The second-order valence-electron chi connectivity index (χ2n) is 8.59. The predicted octanol–water partition coefficient (Wildman–Crippen LogP) is 2.23. The molecular weight excluding hydrogens is 318 g/mol. The van der Waals surface area contributed by atoms with E-state index in [1.165, 1.54) is 6.07 Å². The number of rotatable bonds is 2. The first-order chi connectivity index (χ1) is 11.5. The lowest BCUT2D eigenvalue weighted by molar-refractivity contribution is 0.0913. The van der Waals surface area contributed by atoms with Crippen LogP contribution in [0.3, 0.4) is 0 Å². The van der Waals surface area contributed by atoms with Crippen LogP contribution in [0.4, 0.5) is 0 Å². The van der Waals surface area contributed by atoms with Crippen molar-refractivity contribution in [2.75, 3.05) is 0 Å². The van der Waals surface area contributed by atoms with Crippen molar-refractivity contribution < 1.29 is 4.79 Å². The summed E-state index contributed by atoms with van der Waals surface area (Å²) in [5.74, 6) is 0.496. The molecule has 3 N–H and O–H groups in total. The average molecular weight is 343 g/mol. The number of nitrogens with one attached hydrogen (secondary N) is 3. The third kappa shape index (κ3) is 3.65. The fraction of sp³-hybridized carbons (Fsp3) is 0.556. The van der Waals surface area contributed by atoms with Gasteiger partial charge >= 0.3 is 0 Å². The Hall–Kier alpha value is -2.44. The van der Waals surface area contributed by atoms with Crippen molar-refractivity contribution in [3.05, 3.63) is 45.4 Å². The third-order valence-corrected chi connectivity index (χ3v) is 4.49. The molecule has 2 aromatic rings. The van der Waals surface area contributed by atoms with Gasteiger partial charge in [-0.05, 0) is 18.3 Å². The maximum absolute atomic E-state index is 12.4. The number of hydrogen-bond donors (Lipinski definition) is 3. The van der Waals surface area contributed by atoms with Crippen LogP contribution in [0.5, 0.6) is 0 Å². The Labute approximate surface area is 146 Å². The van der Waals surface area contributed by atoms with Crippen molar-refractivity contribution in [3.63, 3.8) is 0 Å². The molecule has 1 aliphatic rings. The van der Waals surface area contributed by atoms with Gasteiger partial charge in [0.1, 0.15) is 11.5 Å². The van der Waals surface area contributed by atoms with Crippen molar-refractivity contribution in [1.29, 1.82) is 0 Å². The molecule has 0 aliphatic heterocycles. The van der Waals surface area contributed by atoms with Crippen LogP contribution in [0, 0.1) is 5.41 Å². The van der Waals surface area contributed by atoms with Crippen molar-refractivity contribution in [3.8, 4) is 0 Å². The number of carbonyl (C=O) groups excluding carboxylic acids is 1. The number of nitrogens with zero attached hydrogens (tertiary/aromatic N) is 2. The number of carbonyl (C=O) groups is 1. The fourth-order valence-electron chi connectivity index (χ4n) is 3.23. The van der Waals surface area contributed by atoms with E-state index in [9.17, 15) is 9.59 Å². The first kappa shape index (κ1) is 17.4. The van der Waals surface area contributed by atoms with E-state index in [0.29, 0.717) is 0 Å². The summed E-state index contributed by atoms with van der Waals surface area (Å²) in [4.78, 5) is 33.0. The summed E-state index contributed by atoms with van der Waals surface area (Å²) >= 11 is 0. The molecule has 3 rings (SSSR count). The molecule has 0 radical (unpaired) electrons. The molecule has 0 bridgehead atoms. The zero-order valence-corrected chi connectivity index (χ0v) is 15.4. The molecule has 2 heterocycles. The van der Waals surface area contributed by atoms with E-state index < -0.39 is 0 Å². The highest BCUT2D eigenvalue weighted by atomic mass is 16.2. The third-order valence-electron chi connectivity index (χ3n) is 4.49. The first-order valence-electron chi connectivity index (χ1n) is 8.50. The Morgan fingerprint density at radius 1 is 1.32 bits per heavy atom. The van der Waals surface area contributed by atoms with E-state index in [-0.39, 0.29) is 34.0 Å². The molecule has 0 saturated carbocycles. The summed E-state index contributed by atoms with van der Waals surface area (Å²) in [5.41, 5.74) is 1.73. The van der Waals surface area contributed by atoms with Gasteiger partial charge in [-0.2, -0.15) is 0 Å². The Balaban J connectivity index is 1.93. The maximum atomic E-state index is 12.4. The maximum Gasteiger partial charge on any atom is 0.269 e. The Morgan fingerprint density at radius 3 is 2.64 bits per heavy atom. The van der Waals surface area contributed by atoms with E-state index in [1.54, 1.807) is 0 Å². The molecule has 0 aromatic carbocycles. The van der Waals surface area contributed by atoms with Crippen molar-refractivity contribution in [2.45, 2.75) is 58.9 Å². The monoisotopic (exact) mass is 343 g/mol. The van der Waals surface area contributed by atoms with Crippen molar-refractivity contribution in [1.82, 2.24) is 25.5 Å². The van der Waals surface area contributed by atoms with Gasteiger partial charge in [-0.15, -0.1) is 0 Å². The quantitative estimate of drug-likeness (QED) is 0.778. The minimum absolute atomic E-state index is 0.0139. The van der Waals surface area contributed by atoms with Crippen LogP contribution >= 0.6 is 0 Å². The van der Waals surface area contributed by atoms with Crippen molar-refractivity contribution in [2.24, 2.45) is 5.41 Å². The van der Waals surface area contributed by atoms with Crippen LogP contribution in [0.15, 0.2) is 17.1 Å². The highest BCUT2D eigenvalue weighted by Gasteiger charge is 2.35. The van der Waals surface area contributed by atoms with Gasteiger partial charge in [-0.25, -0.2) is 9.97 Å². The second kappa shape index (κ2) is 5.82. The second-order valence-corrected chi connectivity index (χ2v) is 8.59. The van der Waals surface area contributed by atoms with Gasteiger partial charge in [0.2, 0.25) is 0 Å². The van der Waals surface area contributed by atoms with Crippen LogP contribution in [-0.2, 0) is 11.8 Å². The Bertz CT molecular complexity index is 857. The van der Waals surface area contributed by atoms with Crippen LogP contribution in [0.25, 0.3) is 0 Å². The molecule has 134 valence electrons. The minimum Gasteiger partial charge on any atom is -0.344 e. The highest BCUT2D eigenvalue weighted by Crippen LogP contribution is 2.40. The number of amides is 1. The van der Waals surface area contributed by atoms with Gasteiger partial charge < -0.3 is 5.32 Å². The average Bonchev–Trinajstić information content (AvgIpc) is 2.91. The standard InChI is InChI=1S/C18H25N5O2/c1-17(2,3)16-19-9-10-12(7-18(4,5)8-13(10)21-16)20-15(25)11-6-14(24)23-22-11/h6,9,12H,7-8H2,1-5H3,(H,20,25)(H2,22,23,24)/t12-/m0/s1. The zero-order valence-electron chi connectivity index (χ0n) is 15.4. The molecule has 1 amide bonds. The molecule has 25 heavy (non-hydrogen) atoms. The van der Waals surface area contributed by atoms with Crippen LogP contribution in [-0.4, -0.2) is 26.1 Å². The molecule has 0 spiro atoms. The smallest absolute Gasteiger partial charge is 0.269 e. The van der Waals surface area contributed by atoms with E-state index in [4.69, 9.17) is 4.98 Å². The molecule has 7 heteroatoms. The topological polar surface area (TPSA) is 104 Å². The lowest BCUT2D eigenvalue weighted by atomic mass is 9.74. The summed E-state index contributed by atoms with van der Waals surface area (Å²) in [5, 5.41) is 7.98. The molecule has 0 fully saturated rings. The lowest BCUT2D eigenvalue weighted by Crippen LogP contribution is -2.38. The fourth-order valence-corrected chi connectivity index (χ4v) is 3.23. The van der Waals surface area contributed by atoms with Crippen molar-refractivity contribution >= 4 is 5.91 Å². The van der Waals surface area contributed by atoms with E-state index in [2.05, 4.69) is 55.1 Å². The summed E-state index contributed by atoms with van der Waals surface area (Å²) < 4.78 is 0. The van der Waals surface area contributed by atoms with E-state index in [1.807, 2.05) is 6.20 Å². The van der Waals surface area contributed by atoms with Gasteiger partial charge in [0.25, 0.3) is 11.5 Å². The summed E-state index contributed by atoms with van der Waals surface area (Å²) in [6.07, 6.45) is 3.48. The molecule has 0 unspecified atom stereocenters. The predicted molar refractivity (Wildman–Crippen MR) is 94.5 cm³/mol. The Kier molecular flexibility index (Phi) is 4.05. The van der Waals surface area contributed by atoms with Gasteiger partial charge in [-0.3, -0.25) is 19.8 Å².